The van der Waals surface area contributed by atoms with E-state index in [1.54, 1.807) is 0 Å². The molecule has 2 atom stereocenters. The van der Waals surface area contributed by atoms with E-state index >= 15 is 0 Å². The molecular formula is C14H28CaN2O8S2. The molecule has 2 N–H and O–H groups in total. The monoisotopic (exact) mass is 456 g/mol. The summed E-state index contributed by atoms with van der Waals surface area (Å²) in [7, 11) is -8.33. The minimum atomic E-state index is -4.17. The predicted molar refractivity (Wildman–Crippen MR) is 99.9 cm³/mol. The molecule has 13 heteroatoms. The second-order valence-electron chi connectivity index (χ2n) is 5.71. The number of hydrogen-bond acceptors (Lipinski definition) is 8. The number of carbonyl (C=O) groups excluding carboxylic acids is 2. The second-order valence-corrected chi connectivity index (χ2v) is 8.76. The van der Waals surface area contributed by atoms with Gasteiger partial charge in [-0.15, -0.1) is 0 Å². The molecule has 0 radical (unpaired) electrons. The standard InChI is InChI=1S/2C7H15NO4S.Ca/c2*1-3-7(8-6(2)9)4-5-13(10,11)12;/h2*7H,3-5H2,1-2H3,(H,8,9)(H,10,11,12);/q;;+2/p-2. The van der Waals surface area contributed by atoms with Crippen LogP contribution in [0.2, 0.25) is 0 Å². The Balaban J connectivity index is -0.000000411. The third-order valence-corrected chi connectivity index (χ3v) is 4.70. The molecule has 156 valence electrons. The van der Waals surface area contributed by atoms with Gasteiger partial charge in [0.15, 0.2) is 0 Å². The fourth-order valence-corrected chi connectivity index (χ4v) is 3.05. The molecule has 0 saturated carbocycles. The van der Waals surface area contributed by atoms with Crippen LogP contribution in [0.1, 0.15) is 53.4 Å². The van der Waals surface area contributed by atoms with E-state index in [-0.39, 0.29) is 74.5 Å². The molecule has 0 aromatic rings. The largest absolute Gasteiger partial charge is 2.00 e. The first-order chi connectivity index (χ1) is 11.7. The van der Waals surface area contributed by atoms with Gasteiger partial charge in [-0.3, -0.25) is 9.59 Å². The Morgan fingerprint density at radius 1 is 0.778 bits per heavy atom. The fraction of sp³-hybridized carbons (Fsp3) is 0.857. The molecule has 0 bridgehead atoms. The zero-order valence-corrected chi connectivity index (χ0v) is 20.0. The number of amides is 2. The van der Waals surface area contributed by atoms with Crippen molar-refractivity contribution in [3.8, 4) is 0 Å². The maximum absolute atomic E-state index is 10.6. The van der Waals surface area contributed by atoms with Gasteiger partial charge in [0.1, 0.15) is 0 Å². The summed E-state index contributed by atoms with van der Waals surface area (Å²) in [6.45, 7) is 6.35. The SMILES string of the molecule is CCC(CCS(=O)(=O)[O-])NC(C)=O.CCC(CCS(=O)(=O)[O-])NC(C)=O.[Ca+2]. The van der Waals surface area contributed by atoms with E-state index in [2.05, 4.69) is 10.6 Å². The molecule has 0 fully saturated rings. The van der Waals surface area contributed by atoms with Crippen LogP contribution < -0.4 is 10.6 Å². The minimum absolute atomic E-state index is 0. The van der Waals surface area contributed by atoms with E-state index in [4.69, 9.17) is 0 Å². The molecule has 0 aromatic carbocycles. The third-order valence-electron chi connectivity index (χ3n) is 3.23. The number of nitrogens with one attached hydrogen (secondary N) is 2. The van der Waals surface area contributed by atoms with Crippen molar-refractivity contribution in [1.82, 2.24) is 10.6 Å². The topological polar surface area (TPSA) is 173 Å². The van der Waals surface area contributed by atoms with Gasteiger partial charge in [0.25, 0.3) is 0 Å². The quantitative estimate of drug-likeness (QED) is 0.320. The normalized spacial score (nSPS) is 13.3. The molecular weight excluding hydrogens is 428 g/mol. The Morgan fingerprint density at radius 2 is 1.04 bits per heavy atom. The van der Waals surface area contributed by atoms with Crippen molar-refractivity contribution in [2.24, 2.45) is 0 Å². The minimum Gasteiger partial charge on any atom is -0.748 e. The average Bonchev–Trinajstić information content (AvgIpc) is 2.46. The van der Waals surface area contributed by atoms with Crippen LogP contribution in [-0.4, -0.2) is 99.1 Å². The van der Waals surface area contributed by atoms with Crippen LogP contribution in [0, 0.1) is 0 Å². The van der Waals surface area contributed by atoms with Crippen molar-refractivity contribution in [2.45, 2.75) is 65.5 Å². The third kappa shape index (κ3) is 26.0. The van der Waals surface area contributed by atoms with Crippen LogP contribution in [-0.2, 0) is 29.8 Å². The molecule has 0 aliphatic carbocycles. The first kappa shape index (κ1) is 31.7. The smallest absolute Gasteiger partial charge is 0.748 e. The van der Waals surface area contributed by atoms with Gasteiger partial charge in [0, 0.05) is 37.4 Å². The zero-order chi connectivity index (χ0) is 21.0. The summed E-state index contributed by atoms with van der Waals surface area (Å²) < 4.78 is 61.6. The maximum Gasteiger partial charge on any atom is 2.00 e. The first-order valence-corrected chi connectivity index (χ1v) is 11.3. The summed E-state index contributed by atoms with van der Waals surface area (Å²) in [4.78, 5) is 21.2. The van der Waals surface area contributed by atoms with Crippen molar-refractivity contribution >= 4 is 69.8 Å². The van der Waals surface area contributed by atoms with Gasteiger partial charge in [-0.05, 0) is 25.7 Å². The van der Waals surface area contributed by atoms with E-state index in [9.17, 15) is 35.5 Å². The molecule has 10 nitrogen and oxygen atoms in total. The van der Waals surface area contributed by atoms with Crippen molar-refractivity contribution in [3.05, 3.63) is 0 Å². The average molecular weight is 457 g/mol. The van der Waals surface area contributed by atoms with E-state index in [0.29, 0.717) is 12.8 Å². The predicted octanol–water partition coefficient (Wildman–Crippen LogP) is -0.708. The molecule has 0 aliphatic rings. The Labute approximate surface area is 191 Å². The molecule has 0 aromatic heterocycles. The Kier molecular flexibility index (Phi) is 18.7. The van der Waals surface area contributed by atoms with E-state index in [1.165, 1.54) is 13.8 Å². The second kappa shape index (κ2) is 15.9. The van der Waals surface area contributed by atoms with Gasteiger partial charge in [-0.1, -0.05) is 13.8 Å². The van der Waals surface area contributed by atoms with Crippen LogP contribution in [0.3, 0.4) is 0 Å². The molecule has 27 heavy (non-hydrogen) atoms. The Bertz CT molecular complexity index is 582. The molecule has 0 heterocycles. The molecule has 0 aliphatic heterocycles. The molecule has 0 rings (SSSR count). The number of hydrogen-bond donors (Lipinski definition) is 2. The summed E-state index contributed by atoms with van der Waals surface area (Å²) in [5.41, 5.74) is 0. The molecule has 2 unspecified atom stereocenters. The number of carbonyl (C=O) groups is 2. The van der Waals surface area contributed by atoms with Crippen molar-refractivity contribution in [1.29, 1.82) is 0 Å². The fourth-order valence-electron chi connectivity index (χ4n) is 1.90. The van der Waals surface area contributed by atoms with Gasteiger partial charge < -0.3 is 19.7 Å². The van der Waals surface area contributed by atoms with Crippen LogP contribution in [0.15, 0.2) is 0 Å². The Hall–Kier alpha value is 0.0197. The van der Waals surface area contributed by atoms with Crippen molar-refractivity contribution in [3.63, 3.8) is 0 Å². The summed E-state index contributed by atoms with van der Waals surface area (Å²) >= 11 is 0. The van der Waals surface area contributed by atoms with Crippen molar-refractivity contribution < 1.29 is 35.5 Å². The molecule has 2 amide bonds. The van der Waals surface area contributed by atoms with Crippen LogP contribution in [0.5, 0.6) is 0 Å². The molecule has 0 saturated heterocycles. The summed E-state index contributed by atoms with van der Waals surface area (Å²) in [6, 6.07) is -0.442. The first-order valence-electron chi connectivity index (χ1n) is 8.11. The van der Waals surface area contributed by atoms with E-state index in [1.807, 2.05) is 13.8 Å². The summed E-state index contributed by atoms with van der Waals surface area (Å²) in [6.07, 6.45) is 1.61. The van der Waals surface area contributed by atoms with Crippen LogP contribution in [0.25, 0.3) is 0 Å². The number of rotatable bonds is 10. The Morgan fingerprint density at radius 3 is 1.19 bits per heavy atom. The van der Waals surface area contributed by atoms with Crippen molar-refractivity contribution in [2.75, 3.05) is 11.5 Å². The maximum atomic E-state index is 10.6. The summed E-state index contributed by atoms with van der Waals surface area (Å²) in [5.74, 6) is -1.28. The van der Waals surface area contributed by atoms with Gasteiger partial charge in [-0.2, -0.15) is 0 Å². The van der Waals surface area contributed by atoms with Gasteiger partial charge >= 0.3 is 37.7 Å². The van der Waals surface area contributed by atoms with E-state index in [0.717, 1.165) is 0 Å². The van der Waals surface area contributed by atoms with Crippen LogP contribution >= 0.6 is 0 Å². The summed E-state index contributed by atoms with van der Waals surface area (Å²) in [5, 5.41) is 5.12. The van der Waals surface area contributed by atoms with E-state index < -0.39 is 31.7 Å². The van der Waals surface area contributed by atoms with Gasteiger partial charge in [0.05, 0.1) is 20.2 Å². The molecule has 0 spiro atoms. The van der Waals surface area contributed by atoms with Gasteiger partial charge in [-0.25, -0.2) is 16.8 Å². The van der Waals surface area contributed by atoms with Gasteiger partial charge in [0.2, 0.25) is 11.8 Å². The van der Waals surface area contributed by atoms with Crippen LogP contribution in [0.4, 0.5) is 0 Å². The zero-order valence-electron chi connectivity index (χ0n) is 16.2.